The van der Waals surface area contributed by atoms with E-state index in [9.17, 15) is 13.2 Å². The first-order valence-electron chi connectivity index (χ1n) is 12.2. The Morgan fingerprint density at radius 2 is 1.75 bits per heavy atom. The smallest absolute Gasteiger partial charge is 0.436 e. The number of benzene rings is 2. The number of oxazole rings is 1. The number of nitrogens with two attached hydrogens (primary N) is 1. The SMILES string of the molecule is Nc1ccc(-c2c(-c3nc(C(F)(F)F)co3)c3ccc(OC4CCOCC4)cc3n2C2CCC2)cc1. The molecule has 2 aromatic heterocycles. The third kappa shape index (κ3) is 4.11. The number of hydrogen-bond donors (Lipinski definition) is 1. The van der Waals surface area contributed by atoms with Crippen LogP contribution in [0, 0.1) is 0 Å². The molecule has 188 valence electrons. The zero-order valence-corrected chi connectivity index (χ0v) is 19.6. The molecule has 9 heteroatoms. The lowest BCUT2D eigenvalue weighted by molar-refractivity contribution is -0.141. The van der Waals surface area contributed by atoms with Gasteiger partial charge in [-0.3, -0.25) is 0 Å². The highest BCUT2D eigenvalue weighted by Crippen LogP contribution is 2.47. The summed E-state index contributed by atoms with van der Waals surface area (Å²) < 4.78 is 59.6. The summed E-state index contributed by atoms with van der Waals surface area (Å²) in [6.45, 7) is 1.34. The average Bonchev–Trinajstić information content (AvgIpc) is 3.43. The Morgan fingerprint density at radius 3 is 2.39 bits per heavy atom. The topological polar surface area (TPSA) is 75.4 Å². The third-order valence-corrected chi connectivity index (χ3v) is 7.08. The average molecular weight is 498 g/mol. The van der Waals surface area contributed by atoms with Crippen molar-refractivity contribution in [3.05, 3.63) is 54.4 Å². The molecule has 2 aliphatic rings. The second kappa shape index (κ2) is 8.89. The Labute approximate surface area is 205 Å². The lowest BCUT2D eigenvalue weighted by Crippen LogP contribution is -2.25. The summed E-state index contributed by atoms with van der Waals surface area (Å²) in [5, 5.41) is 0.767. The Balaban J connectivity index is 1.56. The minimum Gasteiger partial charge on any atom is -0.490 e. The molecule has 4 aromatic rings. The lowest BCUT2D eigenvalue weighted by Gasteiger charge is -2.30. The molecule has 0 bridgehead atoms. The van der Waals surface area contributed by atoms with Gasteiger partial charge in [0.15, 0.2) is 5.69 Å². The molecule has 0 unspecified atom stereocenters. The predicted octanol–water partition coefficient (Wildman–Crippen LogP) is 6.85. The van der Waals surface area contributed by atoms with Crippen LogP contribution in [0.3, 0.4) is 0 Å². The highest BCUT2D eigenvalue weighted by Gasteiger charge is 2.36. The second-order valence-electron chi connectivity index (χ2n) is 9.44. The number of nitrogens with zero attached hydrogens (tertiary/aromatic N) is 2. The normalized spacial score (nSPS) is 17.4. The third-order valence-electron chi connectivity index (χ3n) is 7.08. The molecule has 0 spiro atoms. The number of halogens is 3. The van der Waals surface area contributed by atoms with E-state index in [0.717, 1.165) is 60.0 Å². The second-order valence-corrected chi connectivity index (χ2v) is 9.44. The van der Waals surface area contributed by atoms with Crippen LogP contribution in [-0.2, 0) is 10.9 Å². The summed E-state index contributed by atoms with van der Waals surface area (Å²) in [6.07, 6.45) is 0.847. The summed E-state index contributed by atoms with van der Waals surface area (Å²) in [5.41, 5.74) is 8.52. The standard InChI is InChI=1S/C27H26F3N3O3/c28-27(29,30)23-15-35-26(32-23)24-21-9-8-20(36-19-10-12-34-13-11-19)14-22(21)33(18-2-1-3-18)25(24)16-4-6-17(31)7-5-16/h4-9,14-15,18-19H,1-3,10-13,31H2. The number of rotatable bonds is 5. The molecule has 2 N–H and O–H groups in total. The number of fused-ring (bicyclic) bond motifs is 1. The van der Waals surface area contributed by atoms with Crippen molar-refractivity contribution in [1.29, 1.82) is 0 Å². The highest BCUT2D eigenvalue weighted by molar-refractivity contribution is 6.03. The minimum absolute atomic E-state index is 0.0599. The van der Waals surface area contributed by atoms with E-state index in [0.29, 0.717) is 30.7 Å². The number of alkyl halides is 3. The lowest BCUT2D eigenvalue weighted by atomic mass is 9.92. The van der Waals surface area contributed by atoms with Crippen molar-refractivity contribution in [2.75, 3.05) is 18.9 Å². The van der Waals surface area contributed by atoms with Crippen LogP contribution < -0.4 is 10.5 Å². The highest BCUT2D eigenvalue weighted by atomic mass is 19.4. The van der Waals surface area contributed by atoms with Crippen LogP contribution in [0.1, 0.15) is 43.8 Å². The van der Waals surface area contributed by atoms with Crippen LogP contribution in [-0.4, -0.2) is 28.9 Å². The van der Waals surface area contributed by atoms with Gasteiger partial charge in [0.2, 0.25) is 5.89 Å². The first-order chi connectivity index (χ1) is 17.4. The van der Waals surface area contributed by atoms with Crippen LogP contribution in [0.15, 0.2) is 53.1 Å². The molecular formula is C27H26F3N3O3. The van der Waals surface area contributed by atoms with Gasteiger partial charge in [0, 0.05) is 36.0 Å². The van der Waals surface area contributed by atoms with Crippen molar-refractivity contribution in [3.8, 4) is 28.5 Å². The van der Waals surface area contributed by atoms with Gasteiger partial charge in [-0.05, 0) is 49.1 Å². The summed E-state index contributed by atoms with van der Waals surface area (Å²) in [4.78, 5) is 3.86. The van der Waals surface area contributed by atoms with Crippen LogP contribution in [0.4, 0.5) is 18.9 Å². The summed E-state index contributed by atoms with van der Waals surface area (Å²) >= 11 is 0. The van der Waals surface area contributed by atoms with E-state index in [4.69, 9.17) is 19.6 Å². The molecule has 0 amide bonds. The summed E-state index contributed by atoms with van der Waals surface area (Å²) in [6, 6.07) is 13.3. The fraction of sp³-hybridized carbons (Fsp3) is 0.370. The van der Waals surface area contributed by atoms with Crippen molar-refractivity contribution in [3.63, 3.8) is 0 Å². The van der Waals surface area contributed by atoms with Gasteiger partial charge in [0.25, 0.3) is 0 Å². The Kier molecular flexibility index (Phi) is 5.67. The summed E-state index contributed by atoms with van der Waals surface area (Å²) in [7, 11) is 0. The first kappa shape index (κ1) is 23.0. The Hall–Kier alpha value is -3.46. The number of aromatic nitrogens is 2. The fourth-order valence-corrected chi connectivity index (χ4v) is 5.03. The van der Waals surface area contributed by atoms with E-state index in [1.807, 2.05) is 30.3 Å². The van der Waals surface area contributed by atoms with E-state index >= 15 is 0 Å². The van der Waals surface area contributed by atoms with Gasteiger partial charge in [-0.1, -0.05) is 12.1 Å². The van der Waals surface area contributed by atoms with Crippen LogP contribution in [0.5, 0.6) is 5.75 Å². The van der Waals surface area contributed by atoms with E-state index in [1.54, 1.807) is 12.1 Å². The molecule has 0 radical (unpaired) electrons. The van der Waals surface area contributed by atoms with Crippen molar-refractivity contribution >= 4 is 16.6 Å². The molecule has 1 aliphatic carbocycles. The van der Waals surface area contributed by atoms with Crippen molar-refractivity contribution in [2.24, 2.45) is 0 Å². The Morgan fingerprint density at radius 1 is 1.00 bits per heavy atom. The van der Waals surface area contributed by atoms with Gasteiger partial charge < -0.3 is 24.2 Å². The fourth-order valence-electron chi connectivity index (χ4n) is 5.03. The van der Waals surface area contributed by atoms with Gasteiger partial charge in [0.1, 0.15) is 18.1 Å². The molecule has 2 fully saturated rings. The van der Waals surface area contributed by atoms with Crippen LogP contribution in [0.25, 0.3) is 33.6 Å². The molecule has 1 saturated heterocycles. The number of anilines is 1. The van der Waals surface area contributed by atoms with E-state index in [-0.39, 0.29) is 18.0 Å². The predicted molar refractivity (Wildman–Crippen MR) is 130 cm³/mol. The number of ether oxygens (including phenoxy) is 2. The number of hydrogen-bond acceptors (Lipinski definition) is 5. The zero-order chi connectivity index (χ0) is 24.9. The maximum Gasteiger partial charge on any atom is 0.436 e. The van der Waals surface area contributed by atoms with Gasteiger partial charge in [-0.2, -0.15) is 13.2 Å². The van der Waals surface area contributed by atoms with Gasteiger partial charge >= 0.3 is 6.18 Å². The van der Waals surface area contributed by atoms with Crippen LogP contribution >= 0.6 is 0 Å². The largest absolute Gasteiger partial charge is 0.490 e. The summed E-state index contributed by atoms with van der Waals surface area (Å²) in [5.74, 6) is 0.668. The van der Waals surface area contributed by atoms with Gasteiger partial charge in [0.05, 0.1) is 30.0 Å². The van der Waals surface area contributed by atoms with Crippen LogP contribution in [0.2, 0.25) is 0 Å². The van der Waals surface area contributed by atoms with E-state index in [2.05, 4.69) is 9.55 Å². The van der Waals surface area contributed by atoms with Crippen molar-refractivity contribution in [1.82, 2.24) is 9.55 Å². The monoisotopic (exact) mass is 497 g/mol. The first-order valence-corrected chi connectivity index (χ1v) is 12.2. The quantitative estimate of drug-likeness (QED) is 0.305. The molecule has 6 rings (SSSR count). The van der Waals surface area contributed by atoms with Crippen molar-refractivity contribution < 1.29 is 27.1 Å². The van der Waals surface area contributed by atoms with E-state index in [1.165, 1.54) is 0 Å². The van der Waals surface area contributed by atoms with E-state index < -0.39 is 11.9 Å². The molecule has 0 atom stereocenters. The zero-order valence-electron chi connectivity index (χ0n) is 19.6. The van der Waals surface area contributed by atoms with Gasteiger partial charge in [-0.15, -0.1) is 0 Å². The molecule has 1 saturated carbocycles. The maximum atomic E-state index is 13.4. The molecule has 36 heavy (non-hydrogen) atoms. The molecule has 1 aliphatic heterocycles. The molecular weight excluding hydrogens is 471 g/mol. The van der Waals surface area contributed by atoms with Crippen molar-refractivity contribution in [2.45, 2.75) is 50.4 Å². The molecule has 3 heterocycles. The van der Waals surface area contributed by atoms with Gasteiger partial charge in [-0.25, -0.2) is 4.98 Å². The maximum absolute atomic E-state index is 13.4. The molecule has 6 nitrogen and oxygen atoms in total. The minimum atomic E-state index is -4.60. The Bertz CT molecular complexity index is 1380. The number of nitrogen functional groups attached to an aromatic ring is 1. The molecule has 2 aromatic carbocycles.